The first-order valence-electron chi connectivity index (χ1n) is 6.01. The second-order valence-corrected chi connectivity index (χ2v) is 6.19. The summed E-state index contributed by atoms with van der Waals surface area (Å²) in [7, 11) is 0. The average molecular weight is 246 g/mol. The fourth-order valence-electron chi connectivity index (χ4n) is 2.88. The largest absolute Gasteiger partial charge is 0.366 e. The van der Waals surface area contributed by atoms with Crippen molar-refractivity contribution in [3.8, 4) is 0 Å². The lowest BCUT2D eigenvalue weighted by molar-refractivity contribution is 0.696. The van der Waals surface area contributed by atoms with E-state index in [1.165, 1.54) is 10.3 Å². The van der Waals surface area contributed by atoms with Crippen molar-refractivity contribution in [1.29, 1.82) is 0 Å². The zero-order valence-corrected chi connectivity index (χ0v) is 10.4. The van der Waals surface area contributed by atoms with Crippen LogP contribution in [0.2, 0.25) is 0 Å². The second kappa shape index (κ2) is 3.40. The summed E-state index contributed by atoms with van der Waals surface area (Å²) in [6.45, 7) is 4.42. The average Bonchev–Trinajstić information content (AvgIpc) is 2.71. The smallest absolute Gasteiger partial charge is 0.138 e. The number of rotatable bonds is 2. The van der Waals surface area contributed by atoms with Crippen molar-refractivity contribution < 1.29 is 0 Å². The quantitative estimate of drug-likeness (QED) is 0.845. The normalized spacial score (nSPS) is 30.5. The Balaban J connectivity index is 1.67. The number of hydrogen-bond acceptors (Lipinski definition) is 5. The SMILES string of the molecule is Cc1cc2c(NC3C4CNCC43)ncnc2s1. The van der Waals surface area contributed by atoms with Crippen LogP contribution < -0.4 is 10.6 Å². The summed E-state index contributed by atoms with van der Waals surface area (Å²) in [5.74, 6) is 2.62. The molecule has 2 aromatic heterocycles. The maximum absolute atomic E-state index is 4.39. The summed E-state index contributed by atoms with van der Waals surface area (Å²) >= 11 is 1.73. The Morgan fingerprint density at radius 1 is 1.35 bits per heavy atom. The van der Waals surface area contributed by atoms with Crippen molar-refractivity contribution in [2.45, 2.75) is 13.0 Å². The molecule has 1 aliphatic carbocycles. The number of aryl methyl sites for hydroxylation is 1. The van der Waals surface area contributed by atoms with Gasteiger partial charge in [-0.05, 0) is 24.8 Å². The van der Waals surface area contributed by atoms with Gasteiger partial charge in [-0.1, -0.05) is 0 Å². The van der Waals surface area contributed by atoms with Crippen molar-refractivity contribution in [3.63, 3.8) is 0 Å². The number of piperidine rings is 1. The predicted molar refractivity (Wildman–Crippen MR) is 69.4 cm³/mol. The molecule has 2 aliphatic rings. The van der Waals surface area contributed by atoms with Gasteiger partial charge in [-0.3, -0.25) is 0 Å². The highest BCUT2D eigenvalue weighted by Gasteiger charge is 2.53. The van der Waals surface area contributed by atoms with Gasteiger partial charge in [-0.2, -0.15) is 0 Å². The molecular formula is C12H14N4S. The minimum absolute atomic E-state index is 0.620. The van der Waals surface area contributed by atoms with Crippen LogP contribution in [0.3, 0.4) is 0 Å². The highest BCUT2D eigenvalue weighted by molar-refractivity contribution is 7.18. The molecule has 1 aliphatic heterocycles. The van der Waals surface area contributed by atoms with Crippen LogP contribution in [0.4, 0.5) is 5.82 Å². The lowest BCUT2D eigenvalue weighted by Gasteiger charge is -2.08. The van der Waals surface area contributed by atoms with Gasteiger partial charge < -0.3 is 10.6 Å². The van der Waals surface area contributed by atoms with Gasteiger partial charge >= 0.3 is 0 Å². The molecule has 1 saturated carbocycles. The van der Waals surface area contributed by atoms with E-state index in [2.05, 4.69) is 33.6 Å². The van der Waals surface area contributed by atoms with E-state index in [9.17, 15) is 0 Å². The van der Waals surface area contributed by atoms with E-state index in [0.29, 0.717) is 6.04 Å². The third-order valence-corrected chi connectivity index (χ3v) is 4.81. The van der Waals surface area contributed by atoms with E-state index in [1.807, 2.05) is 0 Å². The van der Waals surface area contributed by atoms with Crippen molar-refractivity contribution in [3.05, 3.63) is 17.3 Å². The van der Waals surface area contributed by atoms with E-state index in [1.54, 1.807) is 17.7 Å². The van der Waals surface area contributed by atoms with Crippen LogP contribution >= 0.6 is 11.3 Å². The molecule has 0 spiro atoms. The number of thiophene rings is 1. The Morgan fingerprint density at radius 3 is 3.00 bits per heavy atom. The first-order chi connectivity index (χ1) is 8.33. The summed E-state index contributed by atoms with van der Waals surface area (Å²) < 4.78 is 0. The van der Waals surface area contributed by atoms with Gasteiger partial charge in [-0.15, -0.1) is 11.3 Å². The number of nitrogens with zero attached hydrogens (tertiary/aromatic N) is 2. The third-order valence-electron chi connectivity index (χ3n) is 3.85. The Kier molecular flexibility index (Phi) is 1.96. The van der Waals surface area contributed by atoms with Crippen molar-refractivity contribution in [1.82, 2.24) is 15.3 Å². The number of hydrogen-bond donors (Lipinski definition) is 2. The molecule has 0 aromatic carbocycles. The molecule has 3 heterocycles. The summed E-state index contributed by atoms with van der Waals surface area (Å²) in [4.78, 5) is 11.1. The Labute approximate surface area is 103 Å². The summed E-state index contributed by atoms with van der Waals surface area (Å²) in [6.07, 6.45) is 1.66. The van der Waals surface area contributed by atoms with Crippen LogP contribution in [0.25, 0.3) is 10.2 Å². The monoisotopic (exact) mass is 246 g/mol. The topological polar surface area (TPSA) is 49.8 Å². The third kappa shape index (κ3) is 1.46. The molecule has 1 saturated heterocycles. The molecule has 0 radical (unpaired) electrons. The fraction of sp³-hybridized carbons (Fsp3) is 0.500. The molecule has 88 valence electrons. The van der Waals surface area contributed by atoms with Crippen molar-refractivity contribution >= 4 is 27.4 Å². The van der Waals surface area contributed by atoms with Crippen LogP contribution in [-0.2, 0) is 0 Å². The summed E-state index contributed by atoms with van der Waals surface area (Å²) in [5.41, 5.74) is 0. The van der Waals surface area contributed by atoms with Crippen LogP contribution in [0, 0.1) is 18.8 Å². The Hall–Kier alpha value is -1.20. The van der Waals surface area contributed by atoms with Gasteiger partial charge in [0.15, 0.2) is 0 Å². The van der Waals surface area contributed by atoms with Gasteiger partial charge in [0, 0.05) is 24.0 Å². The number of nitrogens with one attached hydrogen (secondary N) is 2. The van der Waals surface area contributed by atoms with Crippen LogP contribution in [0.15, 0.2) is 12.4 Å². The summed E-state index contributed by atoms with van der Waals surface area (Å²) in [5, 5.41) is 8.17. The van der Waals surface area contributed by atoms with Crippen molar-refractivity contribution in [2.75, 3.05) is 18.4 Å². The first kappa shape index (κ1) is 9.79. The van der Waals surface area contributed by atoms with Gasteiger partial charge in [0.05, 0.1) is 5.39 Å². The van der Waals surface area contributed by atoms with Crippen LogP contribution in [0.5, 0.6) is 0 Å². The molecule has 2 N–H and O–H groups in total. The predicted octanol–water partition coefficient (Wildman–Crippen LogP) is 1.63. The maximum atomic E-state index is 4.39. The number of anilines is 1. The van der Waals surface area contributed by atoms with Gasteiger partial charge in [-0.25, -0.2) is 9.97 Å². The highest BCUT2D eigenvalue weighted by atomic mass is 32.1. The first-order valence-corrected chi connectivity index (χ1v) is 6.83. The van der Waals surface area contributed by atoms with E-state index in [-0.39, 0.29) is 0 Å². The van der Waals surface area contributed by atoms with Gasteiger partial charge in [0.25, 0.3) is 0 Å². The van der Waals surface area contributed by atoms with Crippen LogP contribution in [-0.4, -0.2) is 29.1 Å². The maximum Gasteiger partial charge on any atom is 0.138 e. The minimum atomic E-state index is 0.620. The van der Waals surface area contributed by atoms with E-state index >= 15 is 0 Å². The molecule has 5 heteroatoms. The second-order valence-electron chi connectivity index (χ2n) is 4.95. The lowest BCUT2D eigenvalue weighted by Crippen LogP contribution is -2.21. The van der Waals surface area contributed by atoms with E-state index in [4.69, 9.17) is 0 Å². The summed E-state index contributed by atoms with van der Waals surface area (Å²) in [6, 6.07) is 2.80. The number of fused-ring (bicyclic) bond motifs is 2. The number of aromatic nitrogens is 2. The molecule has 2 aromatic rings. The standard InChI is InChI=1S/C12H14N4S/c1-6-2-7-11(14-5-15-12(7)17-6)16-10-8-3-13-4-9(8)10/h2,5,8-10,13H,3-4H2,1H3,(H,14,15,16). The lowest BCUT2D eigenvalue weighted by atomic mass is 10.3. The molecular weight excluding hydrogens is 232 g/mol. The molecule has 2 atom stereocenters. The molecule has 4 nitrogen and oxygen atoms in total. The minimum Gasteiger partial charge on any atom is -0.366 e. The van der Waals surface area contributed by atoms with Gasteiger partial charge in [0.1, 0.15) is 17.0 Å². The van der Waals surface area contributed by atoms with E-state index < -0.39 is 0 Å². The molecule has 2 fully saturated rings. The fourth-order valence-corrected chi connectivity index (χ4v) is 3.73. The van der Waals surface area contributed by atoms with Crippen molar-refractivity contribution in [2.24, 2.45) is 11.8 Å². The Morgan fingerprint density at radius 2 is 2.18 bits per heavy atom. The van der Waals surface area contributed by atoms with Crippen LogP contribution in [0.1, 0.15) is 4.88 Å². The molecule has 0 bridgehead atoms. The molecule has 0 amide bonds. The zero-order chi connectivity index (χ0) is 11.4. The van der Waals surface area contributed by atoms with Gasteiger partial charge in [0.2, 0.25) is 0 Å². The molecule has 17 heavy (non-hydrogen) atoms. The molecule has 4 rings (SSSR count). The Bertz CT molecular complexity index is 569. The zero-order valence-electron chi connectivity index (χ0n) is 9.60. The highest BCUT2D eigenvalue weighted by Crippen LogP contribution is 2.44. The molecule has 2 unspecified atom stereocenters. The van der Waals surface area contributed by atoms with E-state index in [0.717, 1.165) is 35.6 Å².